The molecular formula is C6H11F2NO4S. The van der Waals surface area contributed by atoms with E-state index in [0.29, 0.717) is 4.31 Å². The first-order valence-corrected chi connectivity index (χ1v) is 5.16. The normalized spacial score (nSPS) is 14.7. The van der Waals surface area contributed by atoms with Crippen LogP contribution < -0.4 is 0 Å². The van der Waals surface area contributed by atoms with Gasteiger partial charge in [-0.3, -0.25) is 4.79 Å². The van der Waals surface area contributed by atoms with Crippen LogP contribution in [-0.2, 0) is 14.8 Å². The lowest BCUT2D eigenvalue weighted by Gasteiger charge is -2.18. The molecule has 0 aliphatic carbocycles. The number of alkyl halides is 2. The molecule has 0 aliphatic rings. The number of hydrogen-bond donors (Lipinski definition) is 1. The smallest absolute Gasteiger partial charge is 0.350 e. The van der Waals surface area contributed by atoms with E-state index in [1.165, 1.54) is 6.92 Å². The van der Waals surface area contributed by atoms with Crippen LogP contribution in [0.15, 0.2) is 0 Å². The Balaban J connectivity index is 4.51. The van der Waals surface area contributed by atoms with Crippen LogP contribution in [0, 0.1) is 5.92 Å². The van der Waals surface area contributed by atoms with Crippen molar-refractivity contribution in [3.63, 3.8) is 0 Å². The van der Waals surface area contributed by atoms with Gasteiger partial charge in [0, 0.05) is 13.6 Å². The molecule has 14 heavy (non-hydrogen) atoms. The van der Waals surface area contributed by atoms with Crippen molar-refractivity contribution in [2.75, 3.05) is 13.6 Å². The standard InChI is InChI=1S/C6H11F2NO4S/c1-4(5(10)11)3-9(2)14(12,13)6(7)8/h4,6H,3H2,1-2H3,(H,10,11). The Hall–Kier alpha value is -0.760. The van der Waals surface area contributed by atoms with Crippen LogP contribution in [0.2, 0.25) is 0 Å². The fourth-order valence-corrected chi connectivity index (χ4v) is 1.41. The highest BCUT2D eigenvalue weighted by molar-refractivity contribution is 7.89. The van der Waals surface area contributed by atoms with E-state index >= 15 is 0 Å². The highest BCUT2D eigenvalue weighted by Crippen LogP contribution is 2.11. The predicted octanol–water partition coefficient (Wildman–Crippen LogP) is 0.191. The quantitative estimate of drug-likeness (QED) is 0.733. The summed E-state index contributed by atoms with van der Waals surface area (Å²) in [5, 5.41) is 8.43. The Kier molecular flexibility index (Phi) is 4.40. The topological polar surface area (TPSA) is 74.7 Å². The third-order valence-electron chi connectivity index (χ3n) is 1.61. The first-order chi connectivity index (χ1) is 6.19. The van der Waals surface area contributed by atoms with Gasteiger partial charge in [-0.25, -0.2) is 8.42 Å². The Morgan fingerprint density at radius 3 is 2.21 bits per heavy atom. The van der Waals surface area contributed by atoms with Crippen molar-refractivity contribution in [2.45, 2.75) is 12.7 Å². The minimum Gasteiger partial charge on any atom is -0.481 e. The zero-order chi connectivity index (χ0) is 11.5. The van der Waals surface area contributed by atoms with Crippen LogP contribution >= 0.6 is 0 Å². The second-order valence-corrected chi connectivity index (χ2v) is 4.84. The van der Waals surface area contributed by atoms with E-state index in [0.717, 1.165) is 7.05 Å². The fourth-order valence-electron chi connectivity index (χ4n) is 0.704. The number of rotatable bonds is 5. The molecule has 1 atom stereocenters. The van der Waals surface area contributed by atoms with Crippen molar-refractivity contribution in [3.05, 3.63) is 0 Å². The number of hydrogen-bond acceptors (Lipinski definition) is 3. The maximum absolute atomic E-state index is 11.9. The van der Waals surface area contributed by atoms with Gasteiger partial charge in [0.25, 0.3) is 10.0 Å². The molecular weight excluding hydrogens is 220 g/mol. The molecule has 1 N–H and O–H groups in total. The zero-order valence-corrected chi connectivity index (χ0v) is 8.46. The maximum Gasteiger partial charge on any atom is 0.350 e. The van der Waals surface area contributed by atoms with Crippen LogP contribution in [0.5, 0.6) is 0 Å². The molecule has 84 valence electrons. The summed E-state index contributed by atoms with van der Waals surface area (Å²) in [6.45, 7) is 0.766. The molecule has 1 unspecified atom stereocenters. The Morgan fingerprint density at radius 1 is 1.50 bits per heavy atom. The summed E-state index contributed by atoms with van der Waals surface area (Å²) in [5.74, 6) is -5.77. The minimum absolute atomic E-state index is 0.344. The average molecular weight is 231 g/mol. The van der Waals surface area contributed by atoms with E-state index in [1.807, 2.05) is 0 Å². The van der Waals surface area contributed by atoms with E-state index in [1.54, 1.807) is 0 Å². The molecule has 0 radical (unpaired) electrons. The summed E-state index contributed by atoms with van der Waals surface area (Å²) in [6, 6.07) is 0. The number of carboxylic acids is 1. The molecule has 0 aromatic carbocycles. The predicted molar refractivity (Wildman–Crippen MR) is 44.4 cm³/mol. The molecule has 0 bridgehead atoms. The second-order valence-electron chi connectivity index (χ2n) is 2.83. The third kappa shape index (κ3) is 3.18. The summed E-state index contributed by atoms with van der Waals surface area (Å²) in [5.41, 5.74) is 0. The molecule has 0 saturated heterocycles. The summed E-state index contributed by atoms with van der Waals surface area (Å²) >= 11 is 0. The lowest BCUT2D eigenvalue weighted by molar-refractivity contribution is -0.141. The Morgan fingerprint density at radius 2 is 1.93 bits per heavy atom. The Bertz CT molecular complexity index is 303. The number of sulfonamides is 1. The molecule has 0 aromatic rings. The number of nitrogens with zero attached hydrogens (tertiary/aromatic N) is 1. The van der Waals surface area contributed by atoms with E-state index in [9.17, 15) is 22.0 Å². The van der Waals surface area contributed by atoms with E-state index in [-0.39, 0.29) is 0 Å². The minimum atomic E-state index is -4.67. The van der Waals surface area contributed by atoms with Crippen LogP contribution in [0.25, 0.3) is 0 Å². The molecule has 8 heteroatoms. The molecule has 0 rings (SSSR count). The van der Waals surface area contributed by atoms with Gasteiger partial charge in [0.1, 0.15) is 0 Å². The third-order valence-corrected chi connectivity index (χ3v) is 3.08. The first-order valence-electron chi connectivity index (χ1n) is 3.65. The van der Waals surface area contributed by atoms with Gasteiger partial charge < -0.3 is 5.11 Å². The number of carbonyl (C=O) groups is 1. The van der Waals surface area contributed by atoms with E-state index in [4.69, 9.17) is 5.11 Å². The second kappa shape index (κ2) is 4.65. The van der Waals surface area contributed by atoms with Gasteiger partial charge in [-0.2, -0.15) is 13.1 Å². The van der Waals surface area contributed by atoms with Gasteiger partial charge >= 0.3 is 11.7 Å². The van der Waals surface area contributed by atoms with Gasteiger partial charge in [-0.05, 0) is 0 Å². The number of carboxylic acid groups (broad SMARTS) is 1. The average Bonchev–Trinajstić information content (AvgIpc) is 2.03. The van der Waals surface area contributed by atoms with Crippen LogP contribution in [-0.4, -0.2) is 43.1 Å². The van der Waals surface area contributed by atoms with E-state index in [2.05, 4.69) is 0 Å². The van der Waals surface area contributed by atoms with Crippen molar-refractivity contribution in [3.8, 4) is 0 Å². The maximum atomic E-state index is 11.9. The molecule has 0 saturated carbocycles. The summed E-state index contributed by atoms with van der Waals surface area (Å²) in [6.07, 6.45) is 0. The van der Waals surface area contributed by atoms with Crippen molar-refractivity contribution in [2.24, 2.45) is 5.92 Å². The van der Waals surface area contributed by atoms with Crippen molar-refractivity contribution in [1.29, 1.82) is 0 Å². The highest BCUT2D eigenvalue weighted by atomic mass is 32.2. The monoisotopic (exact) mass is 231 g/mol. The van der Waals surface area contributed by atoms with Crippen LogP contribution in [0.3, 0.4) is 0 Å². The Labute approximate surface area is 80.4 Å². The summed E-state index contributed by atoms with van der Waals surface area (Å²) < 4.78 is 45.8. The highest BCUT2D eigenvalue weighted by Gasteiger charge is 2.31. The molecule has 0 spiro atoms. The van der Waals surface area contributed by atoms with Crippen LogP contribution in [0.1, 0.15) is 6.92 Å². The van der Waals surface area contributed by atoms with Gasteiger partial charge in [-0.1, -0.05) is 6.92 Å². The van der Waals surface area contributed by atoms with Gasteiger partial charge in [0.2, 0.25) is 0 Å². The first kappa shape index (κ1) is 13.2. The summed E-state index contributed by atoms with van der Waals surface area (Å²) in [4.78, 5) is 10.3. The molecule has 0 aromatic heterocycles. The van der Waals surface area contributed by atoms with Crippen molar-refractivity contribution in [1.82, 2.24) is 4.31 Å². The summed E-state index contributed by atoms with van der Waals surface area (Å²) in [7, 11) is -3.75. The molecule has 0 fully saturated rings. The lowest BCUT2D eigenvalue weighted by Crippen LogP contribution is -2.36. The van der Waals surface area contributed by atoms with Gasteiger partial charge in [0.05, 0.1) is 5.92 Å². The molecule has 0 aliphatic heterocycles. The SMILES string of the molecule is CC(CN(C)S(=O)(=O)C(F)F)C(=O)O. The number of halogens is 2. The molecule has 0 heterocycles. The zero-order valence-electron chi connectivity index (χ0n) is 7.65. The van der Waals surface area contributed by atoms with Gasteiger partial charge in [-0.15, -0.1) is 0 Å². The fraction of sp³-hybridized carbons (Fsp3) is 0.833. The van der Waals surface area contributed by atoms with Crippen molar-refractivity contribution < 1.29 is 27.1 Å². The number of aliphatic carboxylic acids is 1. The van der Waals surface area contributed by atoms with Crippen molar-refractivity contribution >= 4 is 16.0 Å². The largest absolute Gasteiger partial charge is 0.481 e. The van der Waals surface area contributed by atoms with Crippen LogP contribution in [0.4, 0.5) is 8.78 Å². The lowest BCUT2D eigenvalue weighted by atomic mass is 10.2. The molecule has 5 nitrogen and oxygen atoms in total. The molecule has 0 amide bonds. The van der Waals surface area contributed by atoms with Gasteiger partial charge in [0.15, 0.2) is 0 Å². The van der Waals surface area contributed by atoms with E-state index < -0.39 is 34.2 Å².